The summed E-state index contributed by atoms with van der Waals surface area (Å²) in [5.74, 6) is 7.72. The van der Waals surface area contributed by atoms with Crippen LogP contribution in [-0.2, 0) is 44.4 Å². The summed E-state index contributed by atoms with van der Waals surface area (Å²) in [6.07, 6.45) is 31.5. The van der Waals surface area contributed by atoms with Crippen LogP contribution in [-0.4, -0.2) is 233 Å². The summed E-state index contributed by atoms with van der Waals surface area (Å²) in [7, 11) is 5.64. The molecule has 4 saturated carbocycles. The lowest BCUT2D eigenvalue weighted by atomic mass is 9.84. The molecule has 8 aliphatic rings. The summed E-state index contributed by atoms with van der Waals surface area (Å²) in [5, 5.41) is 15.3. The van der Waals surface area contributed by atoms with Crippen LogP contribution in [0.1, 0.15) is 138 Å². The number of ether oxygens (including phenoxy) is 9. The van der Waals surface area contributed by atoms with E-state index < -0.39 is 11.7 Å². The van der Waals surface area contributed by atoms with E-state index in [1.54, 1.807) is 62.9 Å². The number of rotatable bonds is 23. The number of morpholine rings is 4. The lowest BCUT2D eigenvalue weighted by molar-refractivity contribution is -0.137. The van der Waals surface area contributed by atoms with Gasteiger partial charge in [-0.3, -0.25) is 19.9 Å². The second-order valence-electron chi connectivity index (χ2n) is 35.3. The monoisotopic (exact) mass is 1800 g/mol. The maximum absolute atomic E-state index is 13.3. The molecule has 4 aliphatic heterocycles. The van der Waals surface area contributed by atoms with Gasteiger partial charge in [0.25, 0.3) is 0 Å². The minimum atomic E-state index is -4.44. The highest BCUT2D eigenvalue weighted by atomic mass is 19.4. The Hall–Kier alpha value is -12.1. The Kier molecular flexibility index (Phi) is 30.9. The Morgan fingerprint density at radius 1 is 0.379 bits per heavy atom. The number of fused-ring (bicyclic) bond motifs is 4. The maximum Gasteiger partial charge on any atom is 0.419 e. The fourth-order valence-corrected chi connectivity index (χ4v) is 18.8. The number of aryl methyl sites for hydroxylation is 2. The SMILES string of the molecule is CCc1cc(CC2CCC(Oc3cc(N4CCOCC4)cc4nccnc34)CC2)nc(C)n1.CN(C)c1ccc(CC2CCC(Oc3cc(N4CCOCC4)cc4nccnc34)CC2)nn1.COc1cccnc1NC1CCC(Oc2cc(N3CCOCC3)cc3nccnc23)CC1.FC(F)(F)c1cccnc1NC1CCC(Oc2cc(N3CCOCC3)cc3nccnc23)CC1. The summed E-state index contributed by atoms with van der Waals surface area (Å²) in [6.45, 7) is 16.9. The van der Waals surface area contributed by atoms with Gasteiger partial charge in [0.05, 0.1) is 118 Å². The van der Waals surface area contributed by atoms with Crippen molar-refractivity contribution < 1.29 is 55.8 Å². The number of hydrogen-bond donors (Lipinski definition) is 2. The normalized spacial score (nSPS) is 21.3. The van der Waals surface area contributed by atoms with Crippen molar-refractivity contribution in [3.05, 3.63) is 181 Å². The molecule has 0 spiro atoms. The van der Waals surface area contributed by atoms with Gasteiger partial charge >= 0.3 is 6.18 Å². The third kappa shape index (κ3) is 24.2. The van der Waals surface area contributed by atoms with Crippen LogP contribution in [0.3, 0.4) is 0 Å². The van der Waals surface area contributed by atoms with E-state index in [4.69, 9.17) is 42.6 Å². The quantitative estimate of drug-likeness (QED) is 0.0601. The molecule has 8 aromatic heterocycles. The van der Waals surface area contributed by atoms with E-state index in [-0.39, 0.29) is 36.3 Å². The molecule has 20 rings (SSSR count). The van der Waals surface area contributed by atoms with Crippen molar-refractivity contribution in [2.24, 2.45) is 11.8 Å². The number of hydrogen-bond acceptors (Lipinski definition) is 30. The van der Waals surface area contributed by atoms with Gasteiger partial charge in [-0.15, -0.1) is 5.10 Å². The zero-order valence-corrected chi connectivity index (χ0v) is 76.1. The first-order chi connectivity index (χ1) is 64.6. The van der Waals surface area contributed by atoms with Crippen LogP contribution in [0.4, 0.5) is 53.4 Å². The summed E-state index contributed by atoms with van der Waals surface area (Å²) >= 11 is 0. The first kappa shape index (κ1) is 91.8. The van der Waals surface area contributed by atoms with Crippen molar-refractivity contribution in [1.82, 2.24) is 70.0 Å². The molecule has 2 N–H and O–H groups in total. The molecule has 12 heterocycles. The van der Waals surface area contributed by atoms with Crippen LogP contribution >= 0.6 is 0 Å². The average molecular weight is 1810 g/mol. The summed E-state index contributed by atoms with van der Waals surface area (Å²) in [5.41, 5.74) is 13.7. The molecule has 4 saturated heterocycles. The zero-order chi connectivity index (χ0) is 90.5. The van der Waals surface area contributed by atoms with Crippen molar-refractivity contribution in [3.63, 3.8) is 0 Å². The van der Waals surface area contributed by atoms with E-state index >= 15 is 0 Å². The predicted molar refractivity (Wildman–Crippen MR) is 504 cm³/mol. The van der Waals surface area contributed by atoms with Crippen LogP contribution in [0.15, 0.2) is 153 Å². The van der Waals surface area contributed by atoms with Crippen molar-refractivity contribution in [2.45, 2.75) is 179 Å². The van der Waals surface area contributed by atoms with Gasteiger partial charge in [0.1, 0.15) is 56.7 Å². The minimum Gasteiger partial charge on any atom is -0.493 e. The van der Waals surface area contributed by atoms with E-state index in [9.17, 15) is 13.2 Å². The Balaban J connectivity index is 0.000000123. The first-order valence-electron chi connectivity index (χ1n) is 46.9. The van der Waals surface area contributed by atoms with E-state index in [1.807, 2.05) is 56.3 Å². The second kappa shape index (κ2) is 44.4. The van der Waals surface area contributed by atoms with Gasteiger partial charge in [-0.05, 0) is 207 Å². The Morgan fingerprint density at radius 2 is 0.727 bits per heavy atom. The molecule has 12 aromatic rings. The van der Waals surface area contributed by atoms with Crippen LogP contribution in [0, 0.1) is 18.8 Å². The lowest BCUT2D eigenvalue weighted by Crippen LogP contribution is -2.36. The van der Waals surface area contributed by atoms with Crippen LogP contribution in [0.5, 0.6) is 28.7 Å². The average Bonchev–Trinajstić information content (AvgIpc) is 0.805. The molecule has 0 unspecified atom stereocenters. The fraction of sp³-hybridized carbons (Fsp3) is 0.495. The molecule has 0 atom stereocenters. The molecule has 8 fully saturated rings. The van der Waals surface area contributed by atoms with Crippen LogP contribution in [0.25, 0.3) is 44.1 Å². The van der Waals surface area contributed by atoms with Gasteiger partial charge in [0.2, 0.25) is 0 Å². The number of aromatic nitrogens is 14. The fourth-order valence-electron chi connectivity index (χ4n) is 18.8. The summed E-state index contributed by atoms with van der Waals surface area (Å²) < 4.78 is 93.3. The summed E-state index contributed by atoms with van der Waals surface area (Å²) in [4.78, 5) is 65.1. The maximum atomic E-state index is 13.3. The molecule has 132 heavy (non-hydrogen) atoms. The highest BCUT2D eigenvalue weighted by molar-refractivity contribution is 5.88. The molecular weight excluding hydrogens is 1680 g/mol. The van der Waals surface area contributed by atoms with Gasteiger partial charge in [-0.1, -0.05) is 6.92 Å². The van der Waals surface area contributed by atoms with Crippen molar-refractivity contribution in [1.29, 1.82) is 0 Å². The molecule has 33 heteroatoms. The molecule has 0 bridgehead atoms. The topological polar surface area (TPSA) is 304 Å². The third-order valence-electron chi connectivity index (χ3n) is 26.0. The number of benzene rings is 4. The second-order valence-corrected chi connectivity index (χ2v) is 35.3. The Morgan fingerprint density at radius 3 is 1.08 bits per heavy atom. The smallest absolute Gasteiger partial charge is 0.419 e. The number of halogens is 3. The van der Waals surface area contributed by atoms with Gasteiger partial charge in [-0.25, -0.2) is 39.9 Å². The van der Waals surface area contributed by atoms with E-state index in [0.717, 1.165) is 320 Å². The van der Waals surface area contributed by atoms with Crippen LogP contribution < -0.4 is 58.8 Å². The third-order valence-corrected chi connectivity index (χ3v) is 26.0. The highest BCUT2D eigenvalue weighted by Crippen LogP contribution is 2.42. The molecule has 0 amide bonds. The number of pyridine rings is 2. The van der Waals surface area contributed by atoms with Crippen molar-refractivity contribution >= 4 is 84.3 Å². The highest BCUT2D eigenvalue weighted by Gasteiger charge is 2.37. The van der Waals surface area contributed by atoms with Gasteiger partial charge in [0, 0.05) is 199 Å². The molecular formula is C99H120F3N21O9. The van der Waals surface area contributed by atoms with Crippen molar-refractivity contribution in [2.75, 3.05) is 162 Å². The predicted octanol–water partition coefficient (Wildman–Crippen LogP) is 16.2. The Bertz CT molecular complexity index is 5730. The lowest BCUT2D eigenvalue weighted by Gasteiger charge is -2.32. The largest absolute Gasteiger partial charge is 0.493 e. The molecule has 0 radical (unpaired) electrons. The number of alkyl halides is 3. The molecule has 4 aliphatic carbocycles. The number of nitrogens with one attached hydrogen (secondary N) is 2. The van der Waals surface area contributed by atoms with Gasteiger partial charge < -0.3 is 77.8 Å². The summed E-state index contributed by atoms with van der Waals surface area (Å²) in [6, 6.07) is 29.5. The first-order valence-corrected chi connectivity index (χ1v) is 46.9. The number of methoxy groups -OCH3 is 1. The van der Waals surface area contributed by atoms with E-state index in [2.05, 4.69) is 156 Å². The van der Waals surface area contributed by atoms with Crippen molar-refractivity contribution in [3.8, 4) is 28.7 Å². The molecule has 30 nitrogen and oxygen atoms in total. The Labute approximate surface area is 768 Å². The number of nitrogens with zero attached hydrogens (tertiary/aromatic N) is 19. The minimum absolute atomic E-state index is 0.0472. The molecule has 4 aromatic carbocycles. The van der Waals surface area contributed by atoms with Crippen LogP contribution in [0.2, 0.25) is 0 Å². The zero-order valence-electron chi connectivity index (χ0n) is 76.1. The van der Waals surface area contributed by atoms with Gasteiger partial charge in [-0.2, -0.15) is 18.3 Å². The molecule has 696 valence electrons. The number of anilines is 7. The van der Waals surface area contributed by atoms with E-state index in [0.29, 0.717) is 55.2 Å². The van der Waals surface area contributed by atoms with Gasteiger partial charge in [0.15, 0.2) is 17.4 Å². The van der Waals surface area contributed by atoms with E-state index in [1.165, 1.54) is 18.0 Å². The standard InChI is InChI=1S/C26H33N5O2.C25H32N6O2.C24H26F3N5O2.C24H29N5O3/c1-3-20-15-21(30-18(2)29-20)14-19-4-6-23(7-5-19)33-25-17-22(31-10-12-32-13-11-31)16-24-26(25)28-9-8-27-24;1-30(2)24-8-5-19(28-29-24)15-18-3-6-21(7-4-18)33-23-17-20(31-11-13-32-14-12-31)16-22-25(23)27-10-9-26-22;25-24(26,27)19-2-1-7-30-23(19)31-16-3-5-18(6-4-16)34-21-15-17(32-10-12-33-13-11-32)14-20-22(21)29-9-8-28-20;1-30-21-3-2-8-27-24(21)28-17-4-6-19(7-5-17)32-22-16-18(29-11-13-31-14-12-29)15-20-23(22)26-10-9-25-20/h8-9,15-17,19,23H,3-7,10-14H2,1-2H3;5,8-10,16-18,21H,3-4,6-7,11-15H2,1-2H3;1-2,7-9,14-16,18H,3-6,10-13H2,(H,30,31);2-3,8-10,15-17,19H,4-7,11-14H2,1H3,(H,27,28).